The zero-order valence-electron chi connectivity index (χ0n) is 16.9. The fourth-order valence-corrected chi connectivity index (χ4v) is 3.83. The first kappa shape index (κ1) is 21.4. The number of carboxylic acid groups (broad SMARTS) is 1. The van der Waals surface area contributed by atoms with Gasteiger partial charge >= 0.3 is 12.1 Å². The van der Waals surface area contributed by atoms with Gasteiger partial charge in [-0.2, -0.15) is 0 Å². The van der Waals surface area contributed by atoms with Crippen LogP contribution in [-0.2, 0) is 19.9 Å². The number of benzene rings is 2. The lowest BCUT2D eigenvalue weighted by Crippen LogP contribution is -2.53. The topological polar surface area (TPSA) is 95.9 Å². The molecule has 158 valence electrons. The van der Waals surface area contributed by atoms with Crippen LogP contribution in [0, 0.1) is 5.92 Å². The molecule has 1 aliphatic rings. The summed E-state index contributed by atoms with van der Waals surface area (Å²) in [5.41, 5.74) is -0.245. The van der Waals surface area contributed by atoms with Crippen molar-refractivity contribution in [1.82, 2.24) is 10.2 Å². The predicted octanol–water partition coefficient (Wildman–Crippen LogP) is 3.00. The quantitative estimate of drug-likeness (QED) is 0.714. The summed E-state index contributed by atoms with van der Waals surface area (Å²) in [6.07, 6.45) is 0.329. The van der Waals surface area contributed by atoms with E-state index in [-0.39, 0.29) is 18.4 Å². The van der Waals surface area contributed by atoms with Crippen LogP contribution >= 0.6 is 0 Å². The molecule has 0 saturated carbocycles. The van der Waals surface area contributed by atoms with Gasteiger partial charge in [0.1, 0.15) is 0 Å². The molecule has 1 fully saturated rings. The minimum atomic E-state index is -1.46. The molecule has 2 N–H and O–H groups in total. The van der Waals surface area contributed by atoms with Gasteiger partial charge in [0, 0.05) is 20.0 Å². The van der Waals surface area contributed by atoms with Crippen LogP contribution in [0.4, 0.5) is 4.79 Å². The van der Waals surface area contributed by atoms with E-state index < -0.39 is 17.6 Å². The molecule has 7 nitrogen and oxygen atoms in total. The Balaban J connectivity index is 1.85. The monoisotopic (exact) mass is 410 g/mol. The maximum absolute atomic E-state index is 13.5. The van der Waals surface area contributed by atoms with Crippen LogP contribution in [0.15, 0.2) is 60.7 Å². The highest BCUT2D eigenvalue weighted by Crippen LogP contribution is 2.32. The second-order valence-corrected chi connectivity index (χ2v) is 7.47. The van der Waals surface area contributed by atoms with E-state index in [4.69, 9.17) is 9.84 Å². The highest BCUT2D eigenvalue weighted by molar-refractivity contribution is 5.92. The molecule has 2 aromatic carbocycles. The number of esters is 1. The van der Waals surface area contributed by atoms with Crippen LogP contribution in [-0.4, -0.2) is 47.7 Å². The minimum absolute atomic E-state index is 0.0751. The van der Waals surface area contributed by atoms with Crippen LogP contribution < -0.4 is 5.32 Å². The van der Waals surface area contributed by atoms with Crippen molar-refractivity contribution in [2.75, 3.05) is 19.7 Å². The standard InChI is InChI=1S/C23H26N2O5/c1-17(26)24-23(19-8-4-2-5-9-19,20-10-6-3-7-11-20)21(27)30-16-18-12-14-25(15-13-18)22(28)29/h2-11,18H,12-16H2,1H3,(H,24,26)(H,28,29). The molecule has 0 atom stereocenters. The van der Waals surface area contributed by atoms with Crippen molar-refractivity contribution in [3.05, 3.63) is 71.8 Å². The van der Waals surface area contributed by atoms with Crippen molar-refractivity contribution >= 4 is 18.0 Å². The Morgan fingerprint density at radius 1 is 1.00 bits per heavy atom. The fourth-order valence-electron chi connectivity index (χ4n) is 3.83. The predicted molar refractivity (Wildman–Crippen MR) is 111 cm³/mol. The van der Waals surface area contributed by atoms with E-state index in [1.54, 1.807) is 24.3 Å². The van der Waals surface area contributed by atoms with E-state index in [1.165, 1.54) is 11.8 Å². The molecule has 0 bridgehead atoms. The Bertz CT molecular complexity index is 837. The summed E-state index contributed by atoms with van der Waals surface area (Å²) in [6.45, 7) is 2.39. The molecule has 0 spiro atoms. The Hall–Kier alpha value is -3.35. The third-order valence-electron chi connectivity index (χ3n) is 5.42. The van der Waals surface area contributed by atoms with Crippen molar-refractivity contribution in [2.45, 2.75) is 25.3 Å². The summed E-state index contributed by atoms with van der Waals surface area (Å²) in [7, 11) is 0. The minimum Gasteiger partial charge on any atom is -0.465 e. The average molecular weight is 410 g/mol. The number of amides is 2. The van der Waals surface area contributed by atoms with E-state index in [0.29, 0.717) is 37.1 Å². The lowest BCUT2D eigenvalue weighted by molar-refractivity contribution is -0.154. The Labute approximate surface area is 175 Å². The first-order valence-electron chi connectivity index (χ1n) is 9.98. The van der Waals surface area contributed by atoms with Gasteiger partial charge in [-0.25, -0.2) is 9.59 Å². The molecular weight excluding hydrogens is 384 g/mol. The number of hydrogen-bond donors (Lipinski definition) is 2. The molecule has 1 heterocycles. The molecule has 0 aromatic heterocycles. The summed E-state index contributed by atoms with van der Waals surface area (Å²) < 4.78 is 5.73. The summed E-state index contributed by atoms with van der Waals surface area (Å²) in [5.74, 6) is -0.837. The number of carbonyl (C=O) groups excluding carboxylic acids is 2. The van der Waals surface area contributed by atoms with Crippen molar-refractivity contribution in [3.8, 4) is 0 Å². The van der Waals surface area contributed by atoms with E-state index in [2.05, 4.69) is 5.32 Å². The molecule has 1 saturated heterocycles. The number of likely N-dealkylation sites (tertiary alicyclic amines) is 1. The molecule has 2 amide bonds. The summed E-state index contributed by atoms with van der Waals surface area (Å²) in [6, 6.07) is 18.1. The van der Waals surface area contributed by atoms with Gasteiger partial charge in [0.25, 0.3) is 0 Å². The van der Waals surface area contributed by atoms with E-state index in [0.717, 1.165) is 0 Å². The molecule has 2 aromatic rings. The first-order valence-corrected chi connectivity index (χ1v) is 9.98. The van der Waals surface area contributed by atoms with Gasteiger partial charge in [0.15, 0.2) is 5.54 Å². The highest BCUT2D eigenvalue weighted by atomic mass is 16.5. The largest absolute Gasteiger partial charge is 0.465 e. The van der Waals surface area contributed by atoms with Crippen LogP contribution in [0.2, 0.25) is 0 Å². The Morgan fingerprint density at radius 2 is 1.50 bits per heavy atom. The van der Waals surface area contributed by atoms with Crippen LogP contribution in [0.3, 0.4) is 0 Å². The van der Waals surface area contributed by atoms with Gasteiger partial charge in [0.2, 0.25) is 5.91 Å². The van der Waals surface area contributed by atoms with Crippen LogP contribution in [0.5, 0.6) is 0 Å². The fraction of sp³-hybridized carbons (Fsp3) is 0.348. The second kappa shape index (κ2) is 9.43. The summed E-state index contributed by atoms with van der Waals surface area (Å²) in [4.78, 5) is 38.1. The van der Waals surface area contributed by atoms with Gasteiger partial charge in [-0.1, -0.05) is 60.7 Å². The van der Waals surface area contributed by atoms with Crippen molar-refractivity contribution in [1.29, 1.82) is 0 Å². The van der Waals surface area contributed by atoms with Gasteiger partial charge in [-0.05, 0) is 29.9 Å². The number of rotatable bonds is 6. The van der Waals surface area contributed by atoms with Gasteiger partial charge in [-0.15, -0.1) is 0 Å². The molecule has 1 aliphatic heterocycles. The molecular formula is C23H26N2O5. The lowest BCUT2D eigenvalue weighted by Gasteiger charge is -2.34. The van der Waals surface area contributed by atoms with E-state index in [1.807, 2.05) is 36.4 Å². The number of ether oxygens (including phenoxy) is 1. The zero-order chi connectivity index (χ0) is 21.6. The Morgan fingerprint density at radius 3 is 1.93 bits per heavy atom. The number of carbonyl (C=O) groups is 3. The number of nitrogens with one attached hydrogen (secondary N) is 1. The molecule has 0 aliphatic carbocycles. The third kappa shape index (κ3) is 4.62. The molecule has 3 rings (SSSR count). The van der Waals surface area contributed by atoms with Gasteiger partial charge in [-0.3, -0.25) is 4.79 Å². The van der Waals surface area contributed by atoms with Gasteiger partial charge < -0.3 is 20.1 Å². The maximum Gasteiger partial charge on any atom is 0.407 e. The normalized spacial score (nSPS) is 14.8. The number of piperidine rings is 1. The maximum atomic E-state index is 13.5. The SMILES string of the molecule is CC(=O)NC(C(=O)OCC1CCN(C(=O)O)CC1)(c1ccccc1)c1ccccc1. The Kier molecular flexibility index (Phi) is 6.72. The zero-order valence-corrected chi connectivity index (χ0v) is 16.9. The van der Waals surface area contributed by atoms with Crippen molar-refractivity contribution in [2.24, 2.45) is 5.92 Å². The average Bonchev–Trinajstić information content (AvgIpc) is 2.77. The molecule has 0 unspecified atom stereocenters. The second-order valence-electron chi connectivity index (χ2n) is 7.47. The van der Waals surface area contributed by atoms with Crippen LogP contribution in [0.25, 0.3) is 0 Å². The number of nitrogens with zero attached hydrogens (tertiary/aromatic N) is 1. The third-order valence-corrected chi connectivity index (χ3v) is 5.42. The highest BCUT2D eigenvalue weighted by Gasteiger charge is 2.45. The smallest absolute Gasteiger partial charge is 0.407 e. The summed E-state index contributed by atoms with van der Waals surface area (Å²) >= 11 is 0. The summed E-state index contributed by atoms with van der Waals surface area (Å²) in [5, 5.41) is 11.9. The molecule has 0 radical (unpaired) electrons. The van der Waals surface area contributed by atoms with E-state index >= 15 is 0 Å². The van der Waals surface area contributed by atoms with Crippen molar-refractivity contribution < 1.29 is 24.2 Å². The van der Waals surface area contributed by atoms with Crippen LogP contribution in [0.1, 0.15) is 30.9 Å². The first-order chi connectivity index (χ1) is 14.4. The van der Waals surface area contributed by atoms with E-state index in [9.17, 15) is 14.4 Å². The number of hydrogen-bond acceptors (Lipinski definition) is 4. The van der Waals surface area contributed by atoms with Gasteiger partial charge in [0.05, 0.1) is 6.61 Å². The molecule has 7 heteroatoms. The van der Waals surface area contributed by atoms with Crippen molar-refractivity contribution in [3.63, 3.8) is 0 Å². The molecule has 30 heavy (non-hydrogen) atoms. The lowest BCUT2D eigenvalue weighted by atomic mass is 9.82.